The number of sulfonamides is 1. The van der Waals surface area contributed by atoms with Gasteiger partial charge < -0.3 is 18.9 Å². The van der Waals surface area contributed by atoms with Crippen LogP contribution in [-0.4, -0.2) is 58.3 Å². The van der Waals surface area contributed by atoms with Crippen LogP contribution in [0, 0.1) is 0 Å². The lowest BCUT2D eigenvalue weighted by atomic mass is 10.1. The third-order valence-electron chi connectivity index (χ3n) is 7.24. The Morgan fingerprint density at radius 2 is 1.69 bits per heavy atom. The molecule has 206 valence electrons. The second-order valence-electron chi connectivity index (χ2n) is 9.82. The van der Waals surface area contributed by atoms with E-state index in [0.717, 1.165) is 31.2 Å². The number of benzene rings is 3. The third-order valence-corrected chi connectivity index (χ3v) is 9.11. The van der Waals surface area contributed by atoms with Crippen molar-refractivity contribution in [2.75, 3.05) is 27.4 Å². The molecule has 2 aliphatic rings. The summed E-state index contributed by atoms with van der Waals surface area (Å²) in [6.45, 7) is 0.837. The molecule has 3 aromatic carbocycles. The lowest BCUT2D eigenvalue weighted by Gasteiger charge is -2.26. The Morgan fingerprint density at radius 1 is 0.974 bits per heavy atom. The van der Waals surface area contributed by atoms with Gasteiger partial charge in [0.25, 0.3) is 0 Å². The molecule has 0 spiro atoms. The van der Waals surface area contributed by atoms with E-state index < -0.39 is 16.0 Å². The fourth-order valence-corrected chi connectivity index (χ4v) is 6.90. The van der Waals surface area contributed by atoms with Crippen molar-refractivity contribution in [1.29, 1.82) is 0 Å². The highest BCUT2D eigenvalue weighted by atomic mass is 32.2. The molecule has 1 aliphatic heterocycles. The lowest BCUT2D eigenvalue weighted by molar-refractivity contribution is 0.0596. The fourth-order valence-electron chi connectivity index (χ4n) is 5.27. The Bertz CT molecular complexity index is 1410. The van der Waals surface area contributed by atoms with E-state index in [1.54, 1.807) is 19.2 Å². The van der Waals surface area contributed by atoms with E-state index in [9.17, 15) is 13.2 Å². The van der Waals surface area contributed by atoms with E-state index in [1.807, 2.05) is 30.3 Å². The van der Waals surface area contributed by atoms with Crippen LogP contribution in [0.5, 0.6) is 11.5 Å². The predicted molar refractivity (Wildman–Crippen MR) is 146 cm³/mol. The van der Waals surface area contributed by atoms with Crippen LogP contribution in [0.2, 0.25) is 0 Å². The average molecular weight is 552 g/mol. The predicted octanol–water partition coefficient (Wildman–Crippen LogP) is 4.40. The maximum atomic E-state index is 13.9. The van der Waals surface area contributed by atoms with Crippen LogP contribution in [0.15, 0.2) is 71.6 Å². The van der Waals surface area contributed by atoms with Crippen LogP contribution in [0.25, 0.3) is 0 Å². The lowest BCUT2D eigenvalue weighted by Crippen LogP contribution is -2.37. The van der Waals surface area contributed by atoms with Crippen molar-refractivity contribution >= 4 is 16.0 Å². The van der Waals surface area contributed by atoms with Gasteiger partial charge in [-0.1, -0.05) is 42.5 Å². The normalized spacial score (nSPS) is 17.3. The second kappa shape index (κ2) is 11.8. The summed E-state index contributed by atoms with van der Waals surface area (Å²) in [5, 5.41) is 0. The van der Waals surface area contributed by atoms with Crippen molar-refractivity contribution in [1.82, 2.24) is 4.31 Å². The number of carbonyl (C=O) groups is 1. The zero-order chi connectivity index (χ0) is 27.4. The van der Waals surface area contributed by atoms with Crippen LogP contribution < -0.4 is 9.47 Å². The van der Waals surface area contributed by atoms with Crippen LogP contribution >= 0.6 is 0 Å². The first-order valence-electron chi connectivity index (χ1n) is 13.1. The Hall–Kier alpha value is -3.40. The van der Waals surface area contributed by atoms with Crippen molar-refractivity contribution in [3.63, 3.8) is 0 Å². The molecule has 0 saturated carbocycles. The maximum absolute atomic E-state index is 13.9. The molecule has 1 aliphatic carbocycles. The topological polar surface area (TPSA) is 91.4 Å². The number of esters is 1. The van der Waals surface area contributed by atoms with E-state index >= 15 is 0 Å². The zero-order valence-corrected chi connectivity index (χ0v) is 23.0. The molecular formula is C30H33NO7S. The third kappa shape index (κ3) is 5.95. The molecule has 0 radical (unpaired) electrons. The molecule has 9 heteroatoms. The van der Waals surface area contributed by atoms with Gasteiger partial charge >= 0.3 is 5.97 Å². The summed E-state index contributed by atoms with van der Waals surface area (Å²) in [4.78, 5) is 12.3. The minimum atomic E-state index is -4.07. The minimum absolute atomic E-state index is 0.00349. The number of hydrogen-bond acceptors (Lipinski definition) is 7. The molecule has 0 amide bonds. The number of hydrogen-bond donors (Lipinski definition) is 0. The van der Waals surface area contributed by atoms with Gasteiger partial charge in [0, 0.05) is 32.5 Å². The number of methoxy groups -OCH3 is 2. The molecule has 1 saturated heterocycles. The molecule has 1 atom stereocenters. The van der Waals surface area contributed by atoms with Crippen molar-refractivity contribution in [3.05, 3.63) is 89.0 Å². The highest BCUT2D eigenvalue weighted by Crippen LogP contribution is 2.34. The van der Waals surface area contributed by atoms with Crippen LogP contribution in [0.1, 0.15) is 39.9 Å². The molecule has 0 bridgehead atoms. The first-order valence-corrected chi connectivity index (χ1v) is 14.5. The van der Waals surface area contributed by atoms with Gasteiger partial charge in [-0.3, -0.25) is 0 Å². The van der Waals surface area contributed by atoms with Gasteiger partial charge in [-0.2, -0.15) is 4.31 Å². The monoisotopic (exact) mass is 551 g/mol. The zero-order valence-electron chi connectivity index (χ0n) is 22.2. The molecule has 3 aromatic rings. The van der Waals surface area contributed by atoms with E-state index in [4.69, 9.17) is 18.9 Å². The molecule has 1 fully saturated rings. The Kier molecular flexibility index (Phi) is 8.20. The van der Waals surface area contributed by atoms with Crippen molar-refractivity contribution in [2.24, 2.45) is 0 Å². The summed E-state index contributed by atoms with van der Waals surface area (Å²) in [6.07, 6.45) is 3.08. The Labute approximate surface area is 229 Å². The highest BCUT2D eigenvalue weighted by Gasteiger charge is 2.33. The van der Waals surface area contributed by atoms with Crippen molar-refractivity contribution < 1.29 is 32.2 Å². The van der Waals surface area contributed by atoms with Crippen LogP contribution in [0.4, 0.5) is 0 Å². The van der Waals surface area contributed by atoms with Gasteiger partial charge in [-0.15, -0.1) is 0 Å². The molecular weight excluding hydrogens is 518 g/mol. The second-order valence-corrected chi connectivity index (χ2v) is 11.7. The Morgan fingerprint density at radius 3 is 2.36 bits per heavy atom. The SMILES string of the molecule is COC(=O)c1ccccc1S(=O)(=O)N(Cc1ccc(OC2Cc3ccccc3C2)c(OC)c1)CC1CCCO1. The van der Waals surface area contributed by atoms with E-state index in [-0.39, 0.29) is 35.8 Å². The number of nitrogens with zero attached hydrogens (tertiary/aromatic N) is 1. The molecule has 8 nitrogen and oxygen atoms in total. The summed E-state index contributed by atoms with van der Waals surface area (Å²) in [5.41, 5.74) is 3.31. The summed E-state index contributed by atoms with van der Waals surface area (Å²) in [7, 11) is -1.27. The molecule has 1 unspecified atom stereocenters. The van der Waals surface area contributed by atoms with E-state index in [1.165, 1.54) is 34.7 Å². The van der Waals surface area contributed by atoms with Gasteiger partial charge in [0.1, 0.15) is 6.10 Å². The number of carbonyl (C=O) groups excluding carboxylic acids is 1. The van der Waals surface area contributed by atoms with Gasteiger partial charge in [0.05, 0.1) is 30.8 Å². The van der Waals surface area contributed by atoms with E-state index in [0.29, 0.717) is 18.1 Å². The molecule has 39 heavy (non-hydrogen) atoms. The smallest absolute Gasteiger partial charge is 0.339 e. The Balaban J connectivity index is 1.40. The first-order chi connectivity index (χ1) is 18.9. The van der Waals surface area contributed by atoms with Crippen molar-refractivity contribution in [3.8, 4) is 11.5 Å². The number of rotatable bonds is 10. The molecule has 5 rings (SSSR count). The van der Waals surface area contributed by atoms with Crippen molar-refractivity contribution in [2.45, 2.75) is 49.3 Å². The van der Waals surface area contributed by atoms with E-state index in [2.05, 4.69) is 12.1 Å². The van der Waals surface area contributed by atoms with Crippen LogP contribution in [0.3, 0.4) is 0 Å². The quantitative estimate of drug-likeness (QED) is 0.345. The summed E-state index contributed by atoms with van der Waals surface area (Å²) >= 11 is 0. The standard InChI is InChI=1S/C30H33NO7S/c1-35-28-16-21(13-14-27(28)38-25-17-22-8-3-4-9-23(22)18-25)19-31(20-24-10-7-15-37-24)39(33,34)29-12-6-5-11-26(29)30(32)36-2/h3-6,8-9,11-14,16,24-25H,7,10,15,17-20H2,1-2H3. The number of fused-ring (bicyclic) bond motifs is 1. The largest absolute Gasteiger partial charge is 0.493 e. The molecule has 0 aromatic heterocycles. The van der Waals surface area contributed by atoms with Gasteiger partial charge in [0.15, 0.2) is 11.5 Å². The molecule has 1 heterocycles. The summed E-state index contributed by atoms with van der Waals surface area (Å²) < 4.78 is 51.8. The average Bonchev–Trinajstić information content (AvgIpc) is 3.62. The maximum Gasteiger partial charge on any atom is 0.339 e. The summed E-state index contributed by atoms with van der Waals surface area (Å²) in [6, 6.07) is 19.9. The molecule has 0 N–H and O–H groups in total. The number of ether oxygens (including phenoxy) is 4. The minimum Gasteiger partial charge on any atom is -0.493 e. The summed E-state index contributed by atoms with van der Waals surface area (Å²) in [5.74, 6) is 0.444. The first kappa shape index (κ1) is 27.2. The fraction of sp³-hybridized carbons (Fsp3) is 0.367. The van der Waals surface area contributed by atoms with Gasteiger partial charge in [-0.05, 0) is 53.8 Å². The van der Waals surface area contributed by atoms with Gasteiger partial charge in [-0.25, -0.2) is 13.2 Å². The van der Waals surface area contributed by atoms with Crippen LogP contribution in [-0.2, 0) is 38.9 Å². The highest BCUT2D eigenvalue weighted by molar-refractivity contribution is 7.89. The van der Waals surface area contributed by atoms with Gasteiger partial charge in [0.2, 0.25) is 10.0 Å².